The molecule has 0 bridgehead atoms. The third-order valence-corrected chi connectivity index (χ3v) is 4.43. The van der Waals surface area contributed by atoms with Crippen LogP contribution in [0.15, 0.2) is 0 Å². The molecule has 15 heavy (non-hydrogen) atoms. The number of nitrogens with zero attached hydrogens (tertiary/aromatic N) is 1. The van der Waals surface area contributed by atoms with Gasteiger partial charge in [-0.2, -0.15) is 0 Å². The molecule has 1 fully saturated rings. The lowest BCUT2D eigenvalue weighted by atomic mass is 10.3. The Hall–Kier alpha value is -0.170. The molecular formula is C9H20N2O3S. The van der Waals surface area contributed by atoms with E-state index in [4.69, 9.17) is 4.74 Å². The molecule has 0 radical (unpaired) electrons. The standard InChI is InChI=1S/C9H20N2O3S/c1-14-8-5-10-4-7-11-6-2-3-9-15(11,12)13/h10H,2-9H2,1H3. The van der Waals surface area contributed by atoms with Crippen molar-refractivity contribution in [2.24, 2.45) is 0 Å². The van der Waals surface area contributed by atoms with E-state index in [0.717, 1.165) is 19.4 Å². The minimum Gasteiger partial charge on any atom is -0.383 e. The predicted molar refractivity (Wildman–Crippen MR) is 59.3 cm³/mol. The van der Waals surface area contributed by atoms with Gasteiger partial charge in [-0.05, 0) is 12.8 Å². The van der Waals surface area contributed by atoms with Gasteiger partial charge in [0, 0.05) is 33.3 Å². The van der Waals surface area contributed by atoms with Gasteiger partial charge in [-0.15, -0.1) is 0 Å². The first-order valence-electron chi connectivity index (χ1n) is 5.34. The molecule has 1 N–H and O–H groups in total. The molecule has 1 rings (SSSR count). The number of hydrogen-bond donors (Lipinski definition) is 1. The normalized spacial score (nSPS) is 21.7. The van der Waals surface area contributed by atoms with Gasteiger partial charge >= 0.3 is 0 Å². The van der Waals surface area contributed by atoms with Crippen LogP contribution >= 0.6 is 0 Å². The SMILES string of the molecule is COCCNCCN1CCCCS1(=O)=O. The van der Waals surface area contributed by atoms with Gasteiger partial charge in [0.2, 0.25) is 10.0 Å². The van der Waals surface area contributed by atoms with E-state index in [1.54, 1.807) is 11.4 Å². The maximum atomic E-state index is 11.6. The largest absolute Gasteiger partial charge is 0.383 e. The summed E-state index contributed by atoms with van der Waals surface area (Å²) in [4.78, 5) is 0. The number of hydrogen-bond acceptors (Lipinski definition) is 4. The zero-order chi connectivity index (χ0) is 11.1. The molecule has 0 unspecified atom stereocenters. The molecule has 0 aromatic rings. The Morgan fingerprint density at radius 2 is 2.13 bits per heavy atom. The van der Waals surface area contributed by atoms with Crippen molar-refractivity contribution < 1.29 is 13.2 Å². The van der Waals surface area contributed by atoms with E-state index in [1.807, 2.05) is 0 Å². The van der Waals surface area contributed by atoms with Crippen molar-refractivity contribution in [1.29, 1.82) is 0 Å². The molecule has 5 nitrogen and oxygen atoms in total. The van der Waals surface area contributed by atoms with Gasteiger partial charge in [-0.25, -0.2) is 12.7 Å². The molecule has 0 atom stereocenters. The Labute approximate surface area is 91.8 Å². The third kappa shape index (κ3) is 4.46. The van der Waals surface area contributed by atoms with Crippen LogP contribution in [0.5, 0.6) is 0 Å². The number of ether oxygens (including phenoxy) is 1. The van der Waals surface area contributed by atoms with Crippen molar-refractivity contribution >= 4 is 10.0 Å². The Morgan fingerprint density at radius 1 is 1.33 bits per heavy atom. The van der Waals surface area contributed by atoms with Gasteiger partial charge in [0.05, 0.1) is 12.4 Å². The summed E-state index contributed by atoms with van der Waals surface area (Å²) in [5.41, 5.74) is 0. The van der Waals surface area contributed by atoms with Crippen LogP contribution in [0.4, 0.5) is 0 Å². The summed E-state index contributed by atoms with van der Waals surface area (Å²) < 4.78 is 29.6. The van der Waals surface area contributed by atoms with Crippen molar-refractivity contribution in [3.05, 3.63) is 0 Å². The van der Waals surface area contributed by atoms with E-state index in [2.05, 4.69) is 5.32 Å². The van der Waals surface area contributed by atoms with Crippen molar-refractivity contribution in [2.45, 2.75) is 12.8 Å². The second-order valence-electron chi connectivity index (χ2n) is 3.66. The zero-order valence-corrected chi connectivity index (χ0v) is 10.1. The van der Waals surface area contributed by atoms with Gasteiger partial charge in [-0.3, -0.25) is 0 Å². The van der Waals surface area contributed by atoms with Crippen molar-refractivity contribution in [1.82, 2.24) is 9.62 Å². The molecule has 90 valence electrons. The van der Waals surface area contributed by atoms with Crippen LogP contribution < -0.4 is 5.32 Å². The van der Waals surface area contributed by atoms with Gasteiger partial charge < -0.3 is 10.1 Å². The molecule has 0 spiro atoms. The maximum Gasteiger partial charge on any atom is 0.214 e. The molecule has 1 aliphatic rings. The van der Waals surface area contributed by atoms with E-state index >= 15 is 0 Å². The molecule has 0 aromatic heterocycles. The molecule has 0 saturated carbocycles. The second-order valence-corrected chi connectivity index (χ2v) is 5.75. The Kier molecular flexibility index (Phi) is 5.52. The van der Waals surface area contributed by atoms with Gasteiger partial charge in [0.1, 0.15) is 0 Å². The van der Waals surface area contributed by atoms with Crippen molar-refractivity contribution in [3.8, 4) is 0 Å². The minimum absolute atomic E-state index is 0.311. The predicted octanol–water partition coefficient (Wildman–Crippen LogP) is -0.352. The molecular weight excluding hydrogens is 216 g/mol. The van der Waals surface area contributed by atoms with E-state index in [0.29, 0.717) is 32.0 Å². The van der Waals surface area contributed by atoms with E-state index in [1.165, 1.54) is 0 Å². The monoisotopic (exact) mass is 236 g/mol. The van der Waals surface area contributed by atoms with E-state index in [-0.39, 0.29) is 0 Å². The quantitative estimate of drug-likeness (QED) is 0.640. The first kappa shape index (κ1) is 12.9. The molecule has 0 aromatic carbocycles. The number of methoxy groups -OCH3 is 1. The maximum absolute atomic E-state index is 11.6. The van der Waals surface area contributed by atoms with E-state index in [9.17, 15) is 8.42 Å². The lowest BCUT2D eigenvalue weighted by molar-refractivity contribution is 0.198. The molecule has 6 heteroatoms. The smallest absolute Gasteiger partial charge is 0.214 e. The van der Waals surface area contributed by atoms with E-state index < -0.39 is 10.0 Å². The summed E-state index contributed by atoms with van der Waals surface area (Å²) in [6, 6.07) is 0. The summed E-state index contributed by atoms with van der Waals surface area (Å²) in [7, 11) is -1.30. The Bertz CT molecular complexity index is 267. The third-order valence-electron chi connectivity index (χ3n) is 2.47. The average molecular weight is 236 g/mol. The van der Waals surface area contributed by atoms with Gasteiger partial charge in [0.25, 0.3) is 0 Å². The fraction of sp³-hybridized carbons (Fsp3) is 1.00. The van der Waals surface area contributed by atoms with Crippen LogP contribution in [-0.2, 0) is 14.8 Å². The summed E-state index contributed by atoms with van der Waals surface area (Å²) in [5.74, 6) is 0.311. The second kappa shape index (κ2) is 6.42. The number of nitrogens with one attached hydrogen (secondary N) is 1. The molecule has 0 amide bonds. The van der Waals surface area contributed by atoms with Crippen LogP contribution in [0.25, 0.3) is 0 Å². The molecule has 1 aliphatic heterocycles. The number of rotatable bonds is 6. The topological polar surface area (TPSA) is 58.6 Å². The highest BCUT2D eigenvalue weighted by atomic mass is 32.2. The van der Waals surface area contributed by atoms with Crippen LogP contribution in [0.2, 0.25) is 0 Å². The van der Waals surface area contributed by atoms with Crippen molar-refractivity contribution in [3.63, 3.8) is 0 Å². The fourth-order valence-electron chi connectivity index (χ4n) is 1.59. The van der Waals surface area contributed by atoms with Crippen LogP contribution in [0, 0.1) is 0 Å². The van der Waals surface area contributed by atoms with Crippen LogP contribution in [-0.4, -0.2) is 58.4 Å². The zero-order valence-electron chi connectivity index (χ0n) is 9.24. The lowest BCUT2D eigenvalue weighted by Crippen LogP contribution is -2.42. The number of sulfonamides is 1. The molecule has 1 saturated heterocycles. The summed E-state index contributed by atoms with van der Waals surface area (Å²) in [5, 5.41) is 3.14. The van der Waals surface area contributed by atoms with Crippen LogP contribution in [0.3, 0.4) is 0 Å². The van der Waals surface area contributed by atoms with Crippen LogP contribution in [0.1, 0.15) is 12.8 Å². The lowest BCUT2D eigenvalue weighted by Gasteiger charge is -2.26. The Balaban J connectivity index is 2.19. The highest BCUT2D eigenvalue weighted by Gasteiger charge is 2.24. The van der Waals surface area contributed by atoms with Crippen molar-refractivity contribution in [2.75, 3.05) is 45.6 Å². The fourth-order valence-corrected chi connectivity index (χ4v) is 3.20. The average Bonchev–Trinajstić information content (AvgIpc) is 2.19. The first-order chi connectivity index (χ1) is 7.17. The van der Waals surface area contributed by atoms with Gasteiger partial charge in [0.15, 0.2) is 0 Å². The molecule has 1 heterocycles. The molecule has 0 aliphatic carbocycles. The highest BCUT2D eigenvalue weighted by molar-refractivity contribution is 7.89. The Morgan fingerprint density at radius 3 is 2.80 bits per heavy atom. The summed E-state index contributed by atoms with van der Waals surface area (Å²) >= 11 is 0. The first-order valence-corrected chi connectivity index (χ1v) is 6.95. The summed E-state index contributed by atoms with van der Waals surface area (Å²) in [6.07, 6.45) is 1.78. The minimum atomic E-state index is -2.95. The summed E-state index contributed by atoms with van der Waals surface area (Å²) in [6.45, 7) is 3.38. The highest BCUT2D eigenvalue weighted by Crippen LogP contribution is 2.12. The van der Waals surface area contributed by atoms with Gasteiger partial charge in [-0.1, -0.05) is 0 Å².